The summed E-state index contributed by atoms with van der Waals surface area (Å²) in [6, 6.07) is 10.2. The molecule has 0 aliphatic carbocycles. The number of nitrogens with two attached hydrogens (primary N) is 1. The summed E-state index contributed by atoms with van der Waals surface area (Å²) >= 11 is 1.58. The minimum absolute atomic E-state index is 0.0412. The molecule has 0 saturated carbocycles. The van der Waals surface area contributed by atoms with Gasteiger partial charge in [0.2, 0.25) is 0 Å². The molecule has 0 radical (unpaired) electrons. The molecule has 1 saturated heterocycles. The van der Waals surface area contributed by atoms with E-state index in [1.54, 1.807) is 11.3 Å². The van der Waals surface area contributed by atoms with Crippen molar-refractivity contribution < 1.29 is 9.53 Å². The van der Waals surface area contributed by atoms with Gasteiger partial charge in [0.1, 0.15) is 12.4 Å². The Morgan fingerprint density at radius 3 is 2.96 bits per heavy atom. The summed E-state index contributed by atoms with van der Waals surface area (Å²) in [5.74, 6) is 1.02. The molecule has 1 aromatic heterocycles. The van der Waals surface area contributed by atoms with E-state index in [0.717, 1.165) is 39.6 Å². The fraction of sp³-hybridized carbons (Fsp3) is 0.421. The van der Waals surface area contributed by atoms with Crippen LogP contribution >= 0.6 is 11.3 Å². The van der Waals surface area contributed by atoms with Crippen molar-refractivity contribution in [3.05, 3.63) is 40.8 Å². The second-order valence-corrected chi connectivity index (χ2v) is 8.41. The second-order valence-electron chi connectivity index (χ2n) is 7.36. The predicted molar refractivity (Wildman–Crippen MR) is 96.4 cm³/mol. The standard InChI is InChI=1S/C19H22N2O2S/c1-19(2)11-21(8-7-16(19)20)18(22)15-9-12-10-23-14-6-4-3-5-13(14)17(12)24-15/h3-6,9,16H,7-8,10-11,20H2,1-2H3. The number of carbonyl (C=O) groups excluding carboxylic acids is 1. The van der Waals surface area contributed by atoms with Crippen LogP contribution < -0.4 is 10.5 Å². The normalized spacial score (nSPS) is 21.6. The average molecular weight is 342 g/mol. The molecule has 4 nitrogen and oxygen atoms in total. The lowest BCUT2D eigenvalue weighted by atomic mass is 9.79. The van der Waals surface area contributed by atoms with Crippen LogP contribution in [-0.2, 0) is 6.61 Å². The first-order chi connectivity index (χ1) is 11.5. The minimum atomic E-state index is -0.0412. The van der Waals surface area contributed by atoms with E-state index >= 15 is 0 Å². The van der Waals surface area contributed by atoms with Crippen molar-refractivity contribution in [1.82, 2.24) is 4.90 Å². The number of ether oxygens (including phenoxy) is 1. The number of piperidine rings is 1. The first-order valence-electron chi connectivity index (χ1n) is 8.35. The molecule has 1 atom stereocenters. The lowest BCUT2D eigenvalue weighted by Gasteiger charge is -2.42. The van der Waals surface area contributed by atoms with Crippen molar-refractivity contribution in [3.8, 4) is 16.2 Å². The van der Waals surface area contributed by atoms with Crippen LogP contribution in [0.5, 0.6) is 5.75 Å². The highest BCUT2D eigenvalue weighted by atomic mass is 32.1. The fourth-order valence-corrected chi connectivity index (χ4v) is 4.67. The van der Waals surface area contributed by atoms with E-state index in [1.807, 2.05) is 29.2 Å². The number of benzene rings is 1. The highest BCUT2D eigenvalue weighted by Gasteiger charge is 2.36. The maximum atomic E-state index is 13.0. The van der Waals surface area contributed by atoms with Gasteiger partial charge in [-0.15, -0.1) is 11.3 Å². The van der Waals surface area contributed by atoms with Crippen molar-refractivity contribution in [2.24, 2.45) is 11.1 Å². The molecule has 126 valence electrons. The van der Waals surface area contributed by atoms with E-state index in [2.05, 4.69) is 19.9 Å². The summed E-state index contributed by atoms with van der Waals surface area (Å²) in [7, 11) is 0. The molecule has 24 heavy (non-hydrogen) atoms. The molecule has 1 fully saturated rings. The summed E-state index contributed by atoms with van der Waals surface area (Å²) in [6.45, 7) is 6.26. The van der Waals surface area contributed by atoms with Crippen LogP contribution in [0.3, 0.4) is 0 Å². The Bertz CT molecular complexity index is 796. The maximum Gasteiger partial charge on any atom is 0.263 e. The van der Waals surface area contributed by atoms with Crippen LogP contribution in [0, 0.1) is 5.41 Å². The zero-order chi connectivity index (χ0) is 16.9. The first kappa shape index (κ1) is 15.7. The average Bonchev–Trinajstić information content (AvgIpc) is 3.01. The topological polar surface area (TPSA) is 55.6 Å². The summed E-state index contributed by atoms with van der Waals surface area (Å²) in [5.41, 5.74) is 8.35. The summed E-state index contributed by atoms with van der Waals surface area (Å²) in [5, 5.41) is 0. The van der Waals surface area contributed by atoms with Gasteiger partial charge in [0, 0.05) is 35.1 Å². The van der Waals surface area contributed by atoms with Gasteiger partial charge in [0.25, 0.3) is 5.91 Å². The van der Waals surface area contributed by atoms with Crippen LogP contribution in [0.4, 0.5) is 0 Å². The van der Waals surface area contributed by atoms with Gasteiger partial charge in [0.15, 0.2) is 0 Å². The van der Waals surface area contributed by atoms with Crippen molar-refractivity contribution in [2.45, 2.75) is 32.9 Å². The molecule has 2 aliphatic heterocycles. The molecule has 2 aromatic rings. The largest absolute Gasteiger partial charge is 0.488 e. The Labute approximate surface area is 146 Å². The molecule has 1 amide bonds. The van der Waals surface area contributed by atoms with Crippen LogP contribution in [0.25, 0.3) is 10.4 Å². The number of carbonyl (C=O) groups is 1. The van der Waals surface area contributed by atoms with Gasteiger partial charge in [-0.1, -0.05) is 26.0 Å². The molecule has 5 heteroatoms. The van der Waals surface area contributed by atoms with E-state index in [-0.39, 0.29) is 17.4 Å². The van der Waals surface area contributed by atoms with Gasteiger partial charge in [-0.3, -0.25) is 4.79 Å². The third-order valence-corrected chi connectivity index (χ3v) is 6.33. The third-order valence-electron chi connectivity index (χ3n) is 5.13. The van der Waals surface area contributed by atoms with E-state index < -0.39 is 0 Å². The zero-order valence-electron chi connectivity index (χ0n) is 14.0. The van der Waals surface area contributed by atoms with Gasteiger partial charge in [-0.2, -0.15) is 0 Å². The van der Waals surface area contributed by atoms with E-state index in [9.17, 15) is 4.79 Å². The number of para-hydroxylation sites is 1. The Balaban J connectivity index is 1.63. The molecule has 3 heterocycles. The number of rotatable bonds is 1. The number of amides is 1. The summed E-state index contributed by atoms with van der Waals surface area (Å²) in [4.78, 5) is 16.9. The Morgan fingerprint density at radius 2 is 2.17 bits per heavy atom. The smallest absolute Gasteiger partial charge is 0.263 e. The number of likely N-dealkylation sites (tertiary alicyclic amines) is 1. The molecule has 1 unspecified atom stereocenters. The first-order valence-corrected chi connectivity index (χ1v) is 9.17. The predicted octanol–water partition coefficient (Wildman–Crippen LogP) is 3.51. The third kappa shape index (κ3) is 2.52. The monoisotopic (exact) mass is 342 g/mol. The van der Waals surface area contributed by atoms with Gasteiger partial charge in [-0.25, -0.2) is 0 Å². The fourth-order valence-electron chi connectivity index (χ4n) is 3.51. The van der Waals surface area contributed by atoms with Gasteiger partial charge < -0.3 is 15.4 Å². The molecule has 4 rings (SSSR count). The molecule has 2 aliphatic rings. The van der Waals surface area contributed by atoms with Gasteiger partial charge in [-0.05, 0) is 30.0 Å². The Kier molecular flexibility index (Phi) is 3.66. The van der Waals surface area contributed by atoms with Crippen molar-refractivity contribution >= 4 is 17.2 Å². The van der Waals surface area contributed by atoms with Crippen molar-refractivity contribution in [2.75, 3.05) is 13.1 Å². The quantitative estimate of drug-likeness (QED) is 0.863. The highest BCUT2D eigenvalue weighted by Crippen LogP contribution is 2.42. The number of nitrogens with zero attached hydrogens (tertiary/aromatic N) is 1. The molecule has 2 N–H and O–H groups in total. The van der Waals surface area contributed by atoms with Crippen molar-refractivity contribution in [3.63, 3.8) is 0 Å². The lowest BCUT2D eigenvalue weighted by Crippen LogP contribution is -2.53. The Morgan fingerprint density at radius 1 is 1.38 bits per heavy atom. The van der Waals surface area contributed by atoms with E-state index in [1.165, 1.54) is 0 Å². The van der Waals surface area contributed by atoms with Crippen LogP contribution in [0.2, 0.25) is 0 Å². The molecular weight excluding hydrogens is 320 g/mol. The molecule has 0 spiro atoms. The van der Waals surface area contributed by atoms with Gasteiger partial charge in [0.05, 0.1) is 4.88 Å². The number of fused-ring (bicyclic) bond motifs is 3. The summed E-state index contributed by atoms with van der Waals surface area (Å²) < 4.78 is 5.80. The van der Waals surface area contributed by atoms with E-state index in [4.69, 9.17) is 10.5 Å². The second kappa shape index (κ2) is 5.60. The SMILES string of the molecule is CC1(C)CN(C(=O)c2cc3c(s2)-c2ccccc2OC3)CCC1N. The van der Waals surface area contributed by atoms with Crippen LogP contribution in [0.1, 0.15) is 35.5 Å². The maximum absolute atomic E-state index is 13.0. The van der Waals surface area contributed by atoms with Gasteiger partial charge >= 0.3 is 0 Å². The Hall–Kier alpha value is -1.85. The molecule has 0 bridgehead atoms. The van der Waals surface area contributed by atoms with E-state index in [0.29, 0.717) is 13.2 Å². The number of thiophene rings is 1. The van der Waals surface area contributed by atoms with Crippen molar-refractivity contribution in [1.29, 1.82) is 0 Å². The van der Waals surface area contributed by atoms with Crippen LogP contribution in [0.15, 0.2) is 30.3 Å². The van der Waals surface area contributed by atoms with Crippen LogP contribution in [-0.4, -0.2) is 29.9 Å². The lowest BCUT2D eigenvalue weighted by molar-refractivity contribution is 0.0537. The minimum Gasteiger partial charge on any atom is -0.488 e. The molecule has 1 aromatic carbocycles. The number of hydrogen-bond donors (Lipinski definition) is 1. The summed E-state index contributed by atoms with van der Waals surface area (Å²) in [6.07, 6.45) is 0.857. The molecular formula is C19H22N2O2S. The zero-order valence-corrected chi connectivity index (χ0v) is 14.9. The number of hydrogen-bond acceptors (Lipinski definition) is 4. The highest BCUT2D eigenvalue weighted by molar-refractivity contribution is 7.17.